The minimum absolute atomic E-state index is 0.0129. The molecular weight excluding hydrogens is 616 g/mol. The Labute approximate surface area is 265 Å². The first kappa shape index (κ1) is 41.8. The summed E-state index contributed by atoms with van der Waals surface area (Å²) in [7, 11) is 0. The first-order valence-corrected chi connectivity index (χ1v) is 14.9. The summed E-state index contributed by atoms with van der Waals surface area (Å²) in [4.78, 5) is 103. The van der Waals surface area contributed by atoms with E-state index in [9.17, 15) is 53.4 Å². The third-order valence-electron chi connectivity index (χ3n) is 6.65. The molecule has 6 N–H and O–H groups in total. The third-order valence-corrected chi connectivity index (χ3v) is 6.65. The number of ether oxygens (including phenoxy) is 2. The number of aliphatic carboxylic acids is 4. The van der Waals surface area contributed by atoms with Crippen LogP contribution >= 0.6 is 0 Å². The van der Waals surface area contributed by atoms with Crippen LogP contribution in [0.3, 0.4) is 0 Å². The molecule has 0 saturated carbocycles. The van der Waals surface area contributed by atoms with Crippen molar-refractivity contribution in [2.45, 2.75) is 96.1 Å². The maximum atomic E-state index is 12.1. The first-order valence-electron chi connectivity index (χ1n) is 14.9. The van der Waals surface area contributed by atoms with Crippen LogP contribution in [-0.4, -0.2) is 112 Å². The van der Waals surface area contributed by atoms with Gasteiger partial charge in [-0.25, -0.2) is 14.4 Å². The van der Waals surface area contributed by atoms with Gasteiger partial charge >= 0.3 is 23.9 Å². The number of ketones is 3. The Morgan fingerprint density at radius 3 is 1.67 bits per heavy atom. The van der Waals surface area contributed by atoms with Gasteiger partial charge in [0, 0.05) is 45.1 Å². The Balaban J connectivity index is 4.13. The molecule has 0 rings (SSSR count). The molecule has 2 amide bonds. The van der Waals surface area contributed by atoms with Crippen molar-refractivity contribution < 1.29 is 73.1 Å². The van der Waals surface area contributed by atoms with Crippen molar-refractivity contribution in [2.24, 2.45) is 5.92 Å². The second kappa shape index (κ2) is 24.0. The molecule has 0 bridgehead atoms. The molecule has 0 aliphatic heterocycles. The standard InChI is InChI=1S/C29H44N2O15/c1-2-18(26(37)38)16-20(33)10-12-22(28(41)42)31-25(36)17-46-15-14-45-13-5-6-19(32)9-11-21(27(39)40)30-24(35)8-4-3-7-23(34)29(43)44/h18,21-22H,2-17H2,1H3,(H,30,35)(H,31,36)(H,37,38)(H,39,40)(H,41,42)(H,43,44)/t18?,21-,22-/m0/s1. The van der Waals surface area contributed by atoms with Gasteiger partial charge in [-0.15, -0.1) is 0 Å². The summed E-state index contributed by atoms with van der Waals surface area (Å²) >= 11 is 0. The van der Waals surface area contributed by atoms with Crippen LogP contribution in [0.15, 0.2) is 0 Å². The Morgan fingerprint density at radius 1 is 0.587 bits per heavy atom. The van der Waals surface area contributed by atoms with Gasteiger partial charge in [0.2, 0.25) is 17.6 Å². The lowest BCUT2D eigenvalue weighted by atomic mass is 9.96. The van der Waals surface area contributed by atoms with E-state index in [0.29, 0.717) is 6.42 Å². The number of carbonyl (C=O) groups excluding carboxylic acids is 5. The largest absolute Gasteiger partial charge is 0.481 e. The van der Waals surface area contributed by atoms with E-state index in [0.717, 1.165) is 0 Å². The van der Waals surface area contributed by atoms with Gasteiger partial charge in [-0.05, 0) is 38.5 Å². The van der Waals surface area contributed by atoms with Gasteiger partial charge in [-0.1, -0.05) is 6.92 Å². The Morgan fingerprint density at radius 2 is 1.13 bits per heavy atom. The molecule has 0 aliphatic rings. The van der Waals surface area contributed by atoms with Gasteiger partial charge in [-0.3, -0.25) is 28.8 Å². The van der Waals surface area contributed by atoms with E-state index >= 15 is 0 Å². The van der Waals surface area contributed by atoms with E-state index in [1.807, 2.05) is 0 Å². The molecule has 0 heterocycles. The topological polar surface area (TPSA) is 277 Å². The Hall–Kier alpha value is -4.25. The van der Waals surface area contributed by atoms with Crippen molar-refractivity contribution in [3.05, 3.63) is 0 Å². The summed E-state index contributed by atoms with van der Waals surface area (Å²) in [6, 6.07) is -2.64. The zero-order valence-electron chi connectivity index (χ0n) is 25.8. The highest BCUT2D eigenvalue weighted by molar-refractivity contribution is 6.32. The van der Waals surface area contributed by atoms with Crippen LogP contribution in [0.2, 0.25) is 0 Å². The average Bonchev–Trinajstić information content (AvgIpc) is 2.98. The molecule has 0 radical (unpaired) electrons. The van der Waals surface area contributed by atoms with Gasteiger partial charge in [0.15, 0.2) is 0 Å². The first-order chi connectivity index (χ1) is 21.7. The summed E-state index contributed by atoms with van der Waals surface area (Å²) in [6.45, 7) is 1.38. The molecule has 1 unspecified atom stereocenters. The van der Waals surface area contributed by atoms with Gasteiger partial charge in [0.1, 0.15) is 30.3 Å². The number of carbonyl (C=O) groups is 9. The smallest absolute Gasteiger partial charge is 0.372 e. The maximum absolute atomic E-state index is 12.1. The highest BCUT2D eigenvalue weighted by Crippen LogP contribution is 2.12. The zero-order valence-corrected chi connectivity index (χ0v) is 25.8. The minimum Gasteiger partial charge on any atom is -0.481 e. The number of carboxylic acid groups (broad SMARTS) is 4. The maximum Gasteiger partial charge on any atom is 0.372 e. The van der Waals surface area contributed by atoms with Crippen molar-refractivity contribution in [1.82, 2.24) is 10.6 Å². The molecule has 3 atom stereocenters. The van der Waals surface area contributed by atoms with Gasteiger partial charge in [0.25, 0.3) is 0 Å². The lowest BCUT2D eigenvalue weighted by Gasteiger charge is -2.15. The molecule has 46 heavy (non-hydrogen) atoms. The highest BCUT2D eigenvalue weighted by Gasteiger charge is 2.24. The number of rotatable bonds is 29. The SMILES string of the molecule is CCC(CC(=O)CC[C@H](NC(=O)COCCOCCCC(=O)CC[C@H](NC(=O)CCCCC(=O)C(=O)O)C(=O)O)C(=O)O)C(=O)O. The van der Waals surface area contributed by atoms with Crippen molar-refractivity contribution >= 4 is 53.0 Å². The summed E-state index contributed by atoms with van der Waals surface area (Å²) < 4.78 is 10.4. The minimum atomic E-state index is -1.56. The molecule has 0 aromatic heterocycles. The molecule has 0 aliphatic carbocycles. The molecule has 17 heteroatoms. The zero-order chi connectivity index (χ0) is 35.1. The van der Waals surface area contributed by atoms with Crippen LogP contribution in [-0.2, 0) is 52.6 Å². The van der Waals surface area contributed by atoms with Crippen LogP contribution in [0, 0.1) is 5.92 Å². The monoisotopic (exact) mass is 660 g/mol. The molecule has 260 valence electrons. The number of Topliss-reactive ketones (excluding diaryl/α,β-unsaturated/α-hetero) is 3. The van der Waals surface area contributed by atoms with Crippen molar-refractivity contribution in [1.29, 1.82) is 0 Å². The predicted octanol–water partition coefficient (Wildman–Crippen LogP) is 0.352. The summed E-state index contributed by atoms with van der Waals surface area (Å²) in [5.41, 5.74) is 0. The fourth-order valence-corrected chi connectivity index (χ4v) is 3.97. The summed E-state index contributed by atoms with van der Waals surface area (Å²) in [5, 5.41) is 40.7. The summed E-state index contributed by atoms with van der Waals surface area (Å²) in [6.07, 6.45) is -0.162. The fraction of sp³-hybridized carbons (Fsp3) is 0.690. The quantitative estimate of drug-likeness (QED) is 0.0466. The van der Waals surface area contributed by atoms with E-state index < -0.39 is 71.9 Å². The van der Waals surface area contributed by atoms with E-state index in [1.165, 1.54) is 0 Å². The number of hydrogen-bond donors (Lipinski definition) is 6. The van der Waals surface area contributed by atoms with Gasteiger partial charge < -0.3 is 40.5 Å². The van der Waals surface area contributed by atoms with Gasteiger partial charge in [0.05, 0.1) is 19.1 Å². The second-order valence-corrected chi connectivity index (χ2v) is 10.4. The van der Waals surface area contributed by atoms with Crippen LogP contribution in [0.5, 0.6) is 0 Å². The van der Waals surface area contributed by atoms with Crippen molar-refractivity contribution in [3.8, 4) is 0 Å². The molecule has 0 saturated heterocycles. The number of carboxylic acids is 4. The van der Waals surface area contributed by atoms with E-state index in [2.05, 4.69) is 10.6 Å². The average molecular weight is 661 g/mol. The molecule has 0 fully saturated rings. The number of nitrogens with one attached hydrogen (secondary N) is 2. The van der Waals surface area contributed by atoms with Crippen LogP contribution in [0.4, 0.5) is 0 Å². The third kappa shape index (κ3) is 20.7. The molecular formula is C29H44N2O15. The lowest BCUT2D eigenvalue weighted by molar-refractivity contribution is -0.149. The van der Waals surface area contributed by atoms with Crippen molar-refractivity contribution in [2.75, 3.05) is 26.4 Å². The molecule has 0 spiro atoms. The van der Waals surface area contributed by atoms with E-state index in [4.69, 9.17) is 19.7 Å². The van der Waals surface area contributed by atoms with Crippen LogP contribution in [0.1, 0.15) is 84.0 Å². The lowest BCUT2D eigenvalue weighted by Crippen LogP contribution is -2.42. The Kier molecular flexibility index (Phi) is 21.8. The van der Waals surface area contributed by atoms with Crippen LogP contribution < -0.4 is 10.6 Å². The van der Waals surface area contributed by atoms with E-state index in [1.54, 1.807) is 6.92 Å². The predicted molar refractivity (Wildman–Crippen MR) is 156 cm³/mol. The fourth-order valence-electron chi connectivity index (χ4n) is 3.97. The van der Waals surface area contributed by atoms with Gasteiger partial charge in [-0.2, -0.15) is 0 Å². The Bertz CT molecular complexity index is 1070. The number of amides is 2. The summed E-state index contributed by atoms with van der Waals surface area (Å²) in [5.74, 6) is -9.14. The second-order valence-electron chi connectivity index (χ2n) is 10.4. The van der Waals surface area contributed by atoms with E-state index in [-0.39, 0.29) is 96.2 Å². The van der Waals surface area contributed by atoms with Crippen molar-refractivity contribution in [3.63, 3.8) is 0 Å². The molecule has 17 nitrogen and oxygen atoms in total. The number of hydrogen-bond acceptors (Lipinski definition) is 11. The normalized spacial score (nSPS) is 12.7. The highest BCUT2D eigenvalue weighted by atomic mass is 16.5. The molecule has 0 aromatic rings. The van der Waals surface area contributed by atoms with Crippen LogP contribution in [0.25, 0.3) is 0 Å². The molecule has 0 aromatic carbocycles. The number of unbranched alkanes of at least 4 members (excludes halogenated alkanes) is 1.